The number of nitrogens with one attached hydrogen (secondary N) is 2. The molecule has 0 atom stereocenters. The van der Waals surface area contributed by atoms with Crippen LogP contribution in [0.1, 0.15) is 12.0 Å². The van der Waals surface area contributed by atoms with Crippen LogP contribution in [0.15, 0.2) is 18.2 Å². The summed E-state index contributed by atoms with van der Waals surface area (Å²) < 4.78 is 405. The summed E-state index contributed by atoms with van der Waals surface area (Å²) in [7, 11) is 0.858. The Hall–Kier alpha value is -4.27. The van der Waals surface area contributed by atoms with Crippen molar-refractivity contribution in [1.82, 2.24) is 0 Å². The van der Waals surface area contributed by atoms with Gasteiger partial charge in [-0.15, -0.1) is 0 Å². The largest absolute Gasteiger partial charge is 0.460 e. The van der Waals surface area contributed by atoms with Gasteiger partial charge in [0.15, 0.2) is 0 Å². The van der Waals surface area contributed by atoms with Crippen LogP contribution in [0.2, 0.25) is 0 Å². The molecule has 0 saturated carbocycles. The van der Waals surface area contributed by atoms with E-state index in [2.05, 4.69) is 9.47 Å². The molecule has 0 aromatic heterocycles. The molecule has 0 bridgehead atoms. The highest BCUT2D eigenvalue weighted by Gasteiger charge is 3.00. The monoisotopic (exact) mass is 970 g/mol. The molecule has 356 valence electrons. The summed E-state index contributed by atoms with van der Waals surface area (Å²) in [5.41, 5.74) is -0.533. The second-order valence-electron chi connectivity index (χ2n) is 11.8. The zero-order chi connectivity index (χ0) is 49.3. The Morgan fingerprint density at radius 3 is 1.08 bits per heavy atom. The SMILES string of the molecule is COC(=O)Nc1cc(NC(=O)OCCC(F)(F)C(F)(F)C(F)(F)C(F)(F)C(F)(F)C(F)(F)C(F)(F)C(F)(F)C(F)(F)C(F)(F)C(F)(F)C(F)(F)C(F)(F)C(F)(F)F)ccc1C. The molecular formula is C26H15F29N2O4. The van der Waals surface area contributed by atoms with E-state index in [0.717, 1.165) is 25.3 Å². The first kappa shape index (κ1) is 54.7. The number of alkyl halides is 29. The van der Waals surface area contributed by atoms with Crippen LogP contribution >= 0.6 is 0 Å². The first-order valence-corrected chi connectivity index (χ1v) is 14.3. The summed E-state index contributed by atoms with van der Waals surface area (Å²) in [5.74, 6) is -122. The minimum Gasteiger partial charge on any atom is -0.453 e. The van der Waals surface area contributed by atoms with Gasteiger partial charge in [-0.2, -0.15) is 127 Å². The summed E-state index contributed by atoms with van der Waals surface area (Å²) in [6.07, 6.45) is -14.9. The number of rotatable bonds is 17. The summed E-state index contributed by atoms with van der Waals surface area (Å²) in [6.45, 7) is -1.17. The smallest absolute Gasteiger partial charge is 0.453 e. The van der Waals surface area contributed by atoms with Crippen molar-refractivity contribution < 1.29 is 146 Å². The van der Waals surface area contributed by atoms with Gasteiger partial charge in [-0.3, -0.25) is 10.6 Å². The molecule has 1 aromatic carbocycles. The number of carbonyl (C=O) groups excluding carboxylic acids is 2. The van der Waals surface area contributed by atoms with Crippen molar-refractivity contribution in [2.75, 3.05) is 24.4 Å². The molecule has 2 N–H and O–H groups in total. The molecule has 6 nitrogen and oxygen atoms in total. The lowest BCUT2D eigenvalue weighted by Gasteiger charge is -2.46. The van der Waals surface area contributed by atoms with Gasteiger partial charge in [0.05, 0.1) is 20.1 Å². The maximum atomic E-state index is 14.2. The van der Waals surface area contributed by atoms with Crippen molar-refractivity contribution >= 4 is 23.6 Å². The van der Waals surface area contributed by atoms with Crippen LogP contribution in [0.4, 0.5) is 148 Å². The van der Waals surface area contributed by atoms with E-state index < -0.39 is 114 Å². The van der Waals surface area contributed by atoms with Gasteiger partial charge in [-0.05, 0) is 24.6 Å². The standard InChI is InChI=1S/C26H15F29N2O4/c1-8-3-4-9(7-10(8)57-11(58)60-2)56-12(59)61-6-5-13(27,28)14(29,30)15(31,32)16(33,34)17(35,36)18(37,38)19(39,40)20(41,42)21(43,44)22(45,46)23(47,48)24(49,50)25(51,52)26(53,54)55/h3-4,7H,5-6H2,1-2H3,(H,56,59)(H,57,58). The van der Waals surface area contributed by atoms with E-state index in [1.54, 1.807) is 5.32 Å². The number of ether oxygens (including phenoxy) is 2. The molecule has 0 fully saturated rings. The third kappa shape index (κ3) is 7.90. The van der Waals surface area contributed by atoms with E-state index in [0.29, 0.717) is 0 Å². The zero-order valence-corrected chi connectivity index (χ0v) is 28.2. The highest BCUT2D eigenvalue weighted by Crippen LogP contribution is 2.69. The normalized spacial score (nSPS) is 15.4. The Morgan fingerprint density at radius 2 is 0.770 bits per heavy atom. The highest BCUT2D eigenvalue weighted by atomic mass is 19.4. The Balaban J connectivity index is 3.61. The van der Waals surface area contributed by atoms with Gasteiger partial charge >= 0.3 is 95.4 Å². The molecule has 0 aliphatic carbocycles. The zero-order valence-electron chi connectivity index (χ0n) is 28.2. The predicted molar refractivity (Wildman–Crippen MR) is 137 cm³/mol. The molecule has 0 radical (unpaired) electrons. The van der Waals surface area contributed by atoms with E-state index in [1.807, 2.05) is 5.32 Å². The second-order valence-corrected chi connectivity index (χ2v) is 11.8. The topological polar surface area (TPSA) is 76.7 Å². The van der Waals surface area contributed by atoms with Gasteiger partial charge in [0.25, 0.3) is 0 Å². The second kappa shape index (κ2) is 15.5. The molecule has 1 aromatic rings. The molecule has 0 saturated heterocycles. The summed E-state index contributed by atoms with van der Waals surface area (Å²) in [4.78, 5) is 23.1. The summed E-state index contributed by atoms with van der Waals surface area (Å²) in [6, 6.07) is 2.79. The van der Waals surface area contributed by atoms with Crippen molar-refractivity contribution in [3.8, 4) is 0 Å². The number of aryl methyl sites for hydroxylation is 1. The Bertz CT molecular complexity index is 1770. The molecule has 0 heterocycles. The number of methoxy groups -OCH3 is 1. The minimum atomic E-state index is -10.0. The number of carbonyl (C=O) groups is 2. The van der Waals surface area contributed by atoms with E-state index in [4.69, 9.17) is 0 Å². The van der Waals surface area contributed by atoms with Crippen LogP contribution in [0.25, 0.3) is 0 Å². The van der Waals surface area contributed by atoms with Gasteiger partial charge < -0.3 is 9.47 Å². The number of amides is 2. The Kier molecular flexibility index (Phi) is 13.9. The van der Waals surface area contributed by atoms with Gasteiger partial charge in [-0.25, -0.2) is 9.59 Å². The maximum absolute atomic E-state index is 14.2. The van der Waals surface area contributed by atoms with Crippen molar-refractivity contribution in [2.24, 2.45) is 0 Å². The van der Waals surface area contributed by atoms with Crippen LogP contribution in [-0.2, 0) is 9.47 Å². The molecule has 2 amide bonds. The summed E-state index contributed by atoms with van der Waals surface area (Å²) in [5, 5.41) is 3.59. The average molecular weight is 970 g/mol. The number of hydrogen-bond acceptors (Lipinski definition) is 4. The van der Waals surface area contributed by atoms with Gasteiger partial charge in [-0.1, -0.05) is 6.07 Å². The van der Waals surface area contributed by atoms with Crippen LogP contribution in [0.5, 0.6) is 0 Å². The van der Waals surface area contributed by atoms with Crippen molar-refractivity contribution in [3.63, 3.8) is 0 Å². The lowest BCUT2D eigenvalue weighted by atomic mass is 9.83. The fourth-order valence-corrected chi connectivity index (χ4v) is 3.96. The van der Waals surface area contributed by atoms with Gasteiger partial charge in [0.1, 0.15) is 0 Å². The number of benzene rings is 1. The molecule has 0 aliphatic rings. The average Bonchev–Trinajstić information content (AvgIpc) is 3.07. The Labute approximate surface area is 315 Å². The Morgan fingerprint density at radius 1 is 0.459 bits per heavy atom. The molecule has 0 spiro atoms. The van der Waals surface area contributed by atoms with Crippen LogP contribution < -0.4 is 10.6 Å². The molecule has 1 rings (SSSR count). The lowest BCUT2D eigenvalue weighted by Crippen LogP contribution is -2.79. The van der Waals surface area contributed by atoms with E-state index >= 15 is 0 Å². The van der Waals surface area contributed by atoms with Crippen LogP contribution in [0.3, 0.4) is 0 Å². The van der Waals surface area contributed by atoms with Gasteiger partial charge in [0.2, 0.25) is 0 Å². The van der Waals surface area contributed by atoms with Gasteiger partial charge in [0, 0.05) is 11.4 Å². The molecule has 0 aliphatic heterocycles. The first-order chi connectivity index (χ1) is 26.5. The van der Waals surface area contributed by atoms with E-state index in [9.17, 15) is 137 Å². The molecule has 61 heavy (non-hydrogen) atoms. The lowest BCUT2D eigenvalue weighted by molar-refractivity contribution is -0.487. The summed E-state index contributed by atoms with van der Waals surface area (Å²) >= 11 is 0. The number of halogens is 29. The fourth-order valence-electron chi connectivity index (χ4n) is 3.96. The first-order valence-electron chi connectivity index (χ1n) is 14.3. The molecule has 35 heteroatoms. The van der Waals surface area contributed by atoms with Crippen LogP contribution in [-0.4, -0.2) is 109 Å². The quantitative estimate of drug-likeness (QED) is 0.153. The van der Waals surface area contributed by atoms with E-state index in [-0.39, 0.29) is 11.3 Å². The maximum Gasteiger partial charge on any atom is 0.460 e. The minimum absolute atomic E-state index is 0.189. The third-order valence-electron chi connectivity index (χ3n) is 7.71. The third-order valence-corrected chi connectivity index (χ3v) is 7.71. The van der Waals surface area contributed by atoms with Crippen molar-refractivity contribution in [3.05, 3.63) is 23.8 Å². The highest BCUT2D eigenvalue weighted by molar-refractivity contribution is 5.89. The number of hydrogen-bond donors (Lipinski definition) is 2. The van der Waals surface area contributed by atoms with Crippen molar-refractivity contribution in [1.29, 1.82) is 0 Å². The number of anilines is 2. The van der Waals surface area contributed by atoms with Crippen LogP contribution in [0, 0.1) is 6.92 Å². The fraction of sp³-hybridized carbons (Fsp3) is 0.692. The molecular weight excluding hydrogens is 955 g/mol. The van der Waals surface area contributed by atoms with E-state index in [1.165, 1.54) is 6.92 Å². The van der Waals surface area contributed by atoms with Crippen molar-refractivity contribution in [2.45, 2.75) is 96.5 Å². The predicted octanol–water partition coefficient (Wildman–Crippen LogP) is 11.9. The molecule has 0 unspecified atom stereocenters.